The molecule has 0 bridgehead atoms. The highest BCUT2D eigenvalue weighted by molar-refractivity contribution is 6.47. The minimum atomic E-state index is -1.44. The van der Waals surface area contributed by atoms with Crippen LogP contribution in [0.2, 0.25) is 0 Å². The van der Waals surface area contributed by atoms with Crippen molar-refractivity contribution in [2.45, 2.75) is 6.92 Å². The molecule has 0 aliphatic heterocycles. The SMILES string of the molecule is [B]/C(C(=O)O)=C(/[B])C(=O)OCC. The number of esters is 1. The van der Waals surface area contributed by atoms with Crippen LogP contribution in [0.3, 0.4) is 0 Å². The van der Waals surface area contributed by atoms with E-state index in [0.717, 1.165) is 0 Å². The van der Waals surface area contributed by atoms with Gasteiger partial charge in [-0.3, -0.25) is 0 Å². The monoisotopic (exact) mass is 164 g/mol. The highest BCUT2D eigenvalue weighted by Gasteiger charge is 2.11. The molecule has 0 aromatic carbocycles. The Balaban J connectivity index is 4.55. The lowest BCUT2D eigenvalue weighted by molar-refractivity contribution is -0.139. The fourth-order valence-corrected chi connectivity index (χ4v) is 0.434. The van der Waals surface area contributed by atoms with Crippen molar-refractivity contribution in [3.63, 3.8) is 0 Å². The smallest absolute Gasteiger partial charge is 0.323 e. The summed E-state index contributed by atoms with van der Waals surface area (Å²) >= 11 is 0. The molecule has 0 saturated carbocycles. The van der Waals surface area contributed by atoms with E-state index in [0.29, 0.717) is 0 Å². The van der Waals surface area contributed by atoms with Gasteiger partial charge in [0.25, 0.3) is 0 Å². The van der Waals surface area contributed by atoms with Crippen molar-refractivity contribution in [3.8, 4) is 0 Å². The normalized spacial score (nSPS) is 11.8. The van der Waals surface area contributed by atoms with Crippen LogP contribution in [-0.4, -0.2) is 39.3 Å². The molecular formula is C6H6B2O4. The Bertz CT molecular complexity index is 234. The first kappa shape index (κ1) is 10.8. The van der Waals surface area contributed by atoms with E-state index < -0.39 is 22.9 Å². The molecule has 0 aliphatic carbocycles. The number of carboxylic acids is 1. The average Bonchev–Trinajstić information content (AvgIpc) is 2.02. The second-order valence-corrected chi connectivity index (χ2v) is 1.85. The van der Waals surface area contributed by atoms with Crippen molar-refractivity contribution in [1.29, 1.82) is 0 Å². The molecule has 0 heterocycles. The third-order valence-electron chi connectivity index (χ3n) is 1.02. The van der Waals surface area contributed by atoms with Crippen molar-refractivity contribution in [3.05, 3.63) is 10.9 Å². The van der Waals surface area contributed by atoms with E-state index in [1.165, 1.54) is 0 Å². The Morgan fingerprint density at radius 3 is 2.17 bits per heavy atom. The standard InChI is InChI=1S/C6H6B2O4/c1-2-12-6(11)4(8)3(7)5(9)10/h2H2,1H3,(H,9,10)/b4-3+. The fraction of sp³-hybridized carbons (Fsp3) is 0.333. The van der Waals surface area contributed by atoms with Gasteiger partial charge >= 0.3 is 11.9 Å². The van der Waals surface area contributed by atoms with Gasteiger partial charge in [0.1, 0.15) is 15.7 Å². The van der Waals surface area contributed by atoms with Crippen LogP contribution in [0.5, 0.6) is 0 Å². The molecule has 0 spiro atoms. The highest BCUT2D eigenvalue weighted by Crippen LogP contribution is 1.99. The molecule has 4 radical (unpaired) electrons. The summed E-state index contributed by atoms with van der Waals surface area (Å²) in [5.41, 5.74) is -1.28. The van der Waals surface area contributed by atoms with E-state index >= 15 is 0 Å². The molecule has 4 nitrogen and oxygen atoms in total. The van der Waals surface area contributed by atoms with Crippen LogP contribution in [0.4, 0.5) is 0 Å². The maximum atomic E-state index is 10.7. The zero-order valence-corrected chi connectivity index (χ0v) is 6.53. The first-order valence-corrected chi connectivity index (χ1v) is 3.16. The van der Waals surface area contributed by atoms with Crippen LogP contribution in [0.1, 0.15) is 6.92 Å². The van der Waals surface area contributed by atoms with Crippen LogP contribution in [-0.2, 0) is 14.3 Å². The molecule has 1 N–H and O–H groups in total. The molecule has 0 rings (SSSR count). The first-order valence-electron chi connectivity index (χ1n) is 3.16. The number of hydrogen-bond acceptors (Lipinski definition) is 3. The molecule has 0 aromatic rings. The Morgan fingerprint density at radius 2 is 1.83 bits per heavy atom. The summed E-state index contributed by atoms with van der Waals surface area (Å²) in [4.78, 5) is 20.9. The van der Waals surface area contributed by atoms with Gasteiger partial charge in [-0.25, -0.2) is 9.59 Å². The Hall–Kier alpha value is -1.19. The fourth-order valence-electron chi connectivity index (χ4n) is 0.434. The van der Waals surface area contributed by atoms with Gasteiger partial charge in [0.2, 0.25) is 0 Å². The summed E-state index contributed by atoms with van der Waals surface area (Å²) in [5, 5.41) is 8.30. The largest absolute Gasteiger partial charge is 0.479 e. The van der Waals surface area contributed by atoms with Crippen LogP contribution in [0, 0.1) is 0 Å². The van der Waals surface area contributed by atoms with Crippen molar-refractivity contribution in [2.24, 2.45) is 0 Å². The molecule has 12 heavy (non-hydrogen) atoms. The van der Waals surface area contributed by atoms with Gasteiger partial charge in [-0.1, -0.05) is 0 Å². The average molecular weight is 164 g/mol. The molecule has 0 amide bonds. The minimum absolute atomic E-state index is 0.117. The summed E-state index contributed by atoms with van der Waals surface area (Å²) in [6.45, 7) is 1.69. The van der Waals surface area contributed by atoms with Crippen LogP contribution in [0.15, 0.2) is 10.9 Å². The Kier molecular flexibility index (Phi) is 4.18. The van der Waals surface area contributed by atoms with E-state index in [-0.39, 0.29) is 6.61 Å². The maximum absolute atomic E-state index is 10.7. The lowest BCUT2D eigenvalue weighted by Gasteiger charge is -2.03. The summed E-state index contributed by atoms with van der Waals surface area (Å²) in [7, 11) is 9.99. The third kappa shape index (κ3) is 2.82. The van der Waals surface area contributed by atoms with Crippen molar-refractivity contribution < 1.29 is 19.4 Å². The molecule has 60 valence electrons. The summed E-state index contributed by atoms with van der Waals surface area (Å²) in [6, 6.07) is 0. The van der Waals surface area contributed by atoms with Crippen LogP contribution in [0.25, 0.3) is 0 Å². The second-order valence-electron chi connectivity index (χ2n) is 1.85. The van der Waals surface area contributed by atoms with Gasteiger partial charge in [-0.2, -0.15) is 0 Å². The summed E-state index contributed by atoms with van der Waals surface area (Å²) in [6.07, 6.45) is 0. The van der Waals surface area contributed by atoms with Gasteiger partial charge < -0.3 is 9.84 Å². The number of ether oxygens (including phenoxy) is 1. The summed E-state index contributed by atoms with van der Waals surface area (Å²) in [5.74, 6) is -2.36. The lowest BCUT2D eigenvalue weighted by Crippen LogP contribution is -2.14. The molecule has 0 unspecified atom stereocenters. The Morgan fingerprint density at radius 1 is 1.33 bits per heavy atom. The Labute approximate surface area is 72.4 Å². The minimum Gasteiger partial charge on any atom is -0.479 e. The highest BCUT2D eigenvalue weighted by atomic mass is 16.5. The molecule has 0 fully saturated rings. The van der Waals surface area contributed by atoms with Gasteiger partial charge in [-0.15, -0.1) is 0 Å². The van der Waals surface area contributed by atoms with E-state index in [1.807, 2.05) is 0 Å². The number of aliphatic carboxylic acids is 1. The number of carboxylic acid groups (broad SMARTS) is 1. The van der Waals surface area contributed by atoms with Gasteiger partial charge in [0.05, 0.1) is 6.61 Å². The van der Waals surface area contributed by atoms with Crippen molar-refractivity contribution in [2.75, 3.05) is 6.61 Å². The van der Waals surface area contributed by atoms with Gasteiger partial charge in [-0.05, 0) is 17.9 Å². The number of carbonyl (C=O) groups is 2. The second kappa shape index (κ2) is 4.64. The van der Waals surface area contributed by atoms with Gasteiger partial charge in [0, 0.05) is 0 Å². The molecule has 6 heteroatoms. The summed E-state index contributed by atoms with van der Waals surface area (Å²) < 4.78 is 4.41. The predicted molar refractivity (Wildman–Crippen MR) is 42.8 cm³/mol. The third-order valence-corrected chi connectivity index (χ3v) is 1.02. The van der Waals surface area contributed by atoms with Crippen molar-refractivity contribution >= 4 is 27.6 Å². The predicted octanol–water partition coefficient (Wildman–Crippen LogP) is -0.817. The van der Waals surface area contributed by atoms with E-state index in [2.05, 4.69) is 4.74 Å². The topological polar surface area (TPSA) is 63.6 Å². The maximum Gasteiger partial charge on any atom is 0.323 e. The number of rotatable bonds is 3. The zero-order valence-electron chi connectivity index (χ0n) is 6.53. The van der Waals surface area contributed by atoms with Crippen molar-refractivity contribution in [1.82, 2.24) is 0 Å². The lowest BCUT2D eigenvalue weighted by atomic mass is 9.80. The molecule has 0 aromatic heterocycles. The van der Waals surface area contributed by atoms with E-state index in [4.69, 9.17) is 20.8 Å². The molecule has 0 atom stereocenters. The molecule has 0 aliphatic rings. The van der Waals surface area contributed by atoms with E-state index in [9.17, 15) is 9.59 Å². The number of hydrogen-bond donors (Lipinski definition) is 1. The van der Waals surface area contributed by atoms with Crippen LogP contribution >= 0.6 is 0 Å². The quantitative estimate of drug-likeness (QED) is 0.336. The van der Waals surface area contributed by atoms with Gasteiger partial charge in [0.15, 0.2) is 0 Å². The first-order chi connectivity index (χ1) is 5.50. The zero-order chi connectivity index (χ0) is 9.72. The number of carbonyl (C=O) groups excluding carboxylic acids is 1. The molecular weight excluding hydrogens is 158 g/mol. The van der Waals surface area contributed by atoms with E-state index in [1.54, 1.807) is 6.92 Å². The van der Waals surface area contributed by atoms with Crippen LogP contribution < -0.4 is 0 Å². The molecule has 0 saturated heterocycles.